The lowest BCUT2D eigenvalue weighted by Gasteiger charge is -2.42. The molecule has 1 aliphatic carbocycles. The van der Waals surface area contributed by atoms with Crippen LogP contribution in [-0.4, -0.2) is 11.7 Å². The van der Waals surface area contributed by atoms with Crippen LogP contribution in [0, 0.1) is 17.0 Å². The molecule has 1 aromatic carbocycles. The van der Waals surface area contributed by atoms with Crippen molar-refractivity contribution < 1.29 is 18.4 Å². The minimum absolute atomic E-state index is 0.000306. The molecule has 4 rings (SSSR count). The molecule has 6 heteroatoms. The van der Waals surface area contributed by atoms with Crippen LogP contribution in [0.5, 0.6) is 0 Å². The number of Topliss-reactive ketones (excluding diaryl/α,β-unsaturated/α-hetero) is 1. The number of thiophene rings is 1. The zero-order valence-electron chi connectivity index (χ0n) is 15.1. The zero-order chi connectivity index (χ0) is 19.3. The molecule has 1 aromatic heterocycles. The van der Waals surface area contributed by atoms with E-state index in [4.69, 9.17) is 0 Å². The minimum atomic E-state index is -0.805. The number of allylic oxidation sites excluding steroid dienone is 2. The van der Waals surface area contributed by atoms with Crippen LogP contribution in [0.25, 0.3) is 0 Å². The largest absolute Gasteiger partial charge is 0.294 e. The molecule has 2 aromatic rings. The molecule has 0 saturated carbocycles. The molecule has 1 amide bonds. The number of carbonyl (C=O) groups excluding carboxylic acids is 2. The van der Waals surface area contributed by atoms with Gasteiger partial charge in [-0.25, -0.2) is 8.78 Å². The number of rotatable bonds is 2. The van der Waals surface area contributed by atoms with Crippen molar-refractivity contribution >= 4 is 28.7 Å². The number of halogens is 2. The molecule has 0 saturated heterocycles. The van der Waals surface area contributed by atoms with E-state index in [1.165, 1.54) is 22.3 Å². The Labute approximate surface area is 160 Å². The van der Waals surface area contributed by atoms with E-state index in [0.717, 1.165) is 17.0 Å². The Morgan fingerprint density at radius 2 is 1.93 bits per heavy atom. The topological polar surface area (TPSA) is 37.4 Å². The van der Waals surface area contributed by atoms with Crippen molar-refractivity contribution in [3.63, 3.8) is 0 Å². The van der Waals surface area contributed by atoms with Crippen molar-refractivity contribution in [2.45, 2.75) is 39.0 Å². The molecular weight excluding hydrogens is 368 g/mol. The van der Waals surface area contributed by atoms with Gasteiger partial charge in [-0.05, 0) is 35.4 Å². The summed E-state index contributed by atoms with van der Waals surface area (Å²) in [6.45, 7) is 3.93. The lowest BCUT2D eigenvalue weighted by Crippen LogP contribution is -2.44. The average Bonchev–Trinajstić information content (AvgIpc) is 3.08. The smallest absolute Gasteiger partial charge is 0.232 e. The van der Waals surface area contributed by atoms with Crippen LogP contribution < -0.4 is 4.90 Å². The maximum atomic E-state index is 14.5. The molecule has 2 aliphatic rings. The highest BCUT2D eigenvalue weighted by atomic mass is 32.1. The van der Waals surface area contributed by atoms with Crippen LogP contribution >= 0.6 is 11.3 Å². The summed E-state index contributed by atoms with van der Waals surface area (Å²) >= 11 is 1.51. The summed E-state index contributed by atoms with van der Waals surface area (Å²) in [5.41, 5.74) is 0.822. The number of carbonyl (C=O) groups is 2. The van der Waals surface area contributed by atoms with Crippen molar-refractivity contribution in [2.24, 2.45) is 5.41 Å². The lowest BCUT2D eigenvalue weighted by atomic mass is 9.70. The second-order valence-electron chi connectivity index (χ2n) is 7.90. The Kier molecular flexibility index (Phi) is 4.26. The molecule has 3 nitrogen and oxygen atoms in total. The first-order valence-corrected chi connectivity index (χ1v) is 9.72. The summed E-state index contributed by atoms with van der Waals surface area (Å²) in [5.74, 6) is -2.08. The van der Waals surface area contributed by atoms with Crippen LogP contribution in [-0.2, 0) is 9.59 Å². The van der Waals surface area contributed by atoms with Crippen molar-refractivity contribution in [2.75, 3.05) is 4.90 Å². The molecule has 1 aliphatic heterocycles. The Hall–Kier alpha value is -2.34. The molecule has 0 unspecified atom stereocenters. The highest BCUT2D eigenvalue weighted by molar-refractivity contribution is 7.10. The summed E-state index contributed by atoms with van der Waals surface area (Å²) < 4.78 is 27.9. The number of benzene rings is 1. The van der Waals surface area contributed by atoms with E-state index in [2.05, 4.69) is 0 Å². The van der Waals surface area contributed by atoms with Gasteiger partial charge in [0.25, 0.3) is 0 Å². The Balaban J connectivity index is 1.92. The number of nitrogens with zero attached hydrogens (tertiary/aromatic N) is 1. The standard InChI is InChI=1S/C21H19F2NO2S/c1-21(2)10-16-20(17(25)11-21)13(18-4-3-7-27-18)9-19(26)24(16)15-6-5-12(22)8-14(15)23/h3-8,13H,9-11H2,1-2H3/t13-/m0/s1. The van der Waals surface area contributed by atoms with Crippen LogP contribution in [0.4, 0.5) is 14.5 Å². The monoisotopic (exact) mass is 387 g/mol. The Morgan fingerprint density at radius 3 is 2.59 bits per heavy atom. The number of ketones is 1. The first-order valence-electron chi connectivity index (χ1n) is 8.84. The number of amides is 1. The van der Waals surface area contributed by atoms with Crippen molar-refractivity contribution in [1.29, 1.82) is 0 Å². The fourth-order valence-electron chi connectivity index (χ4n) is 4.09. The molecule has 0 spiro atoms. The van der Waals surface area contributed by atoms with Gasteiger partial charge in [-0.1, -0.05) is 19.9 Å². The summed E-state index contributed by atoms with van der Waals surface area (Å²) in [6.07, 6.45) is 0.975. The van der Waals surface area contributed by atoms with Gasteiger partial charge in [-0.2, -0.15) is 0 Å². The van der Waals surface area contributed by atoms with Crippen LogP contribution in [0.15, 0.2) is 47.0 Å². The van der Waals surface area contributed by atoms with Gasteiger partial charge in [0.2, 0.25) is 5.91 Å². The molecule has 1 atom stereocenters. The molecular formula is C21H19F2NO2S. The van der Waals surface area contributed by atoms with Crippen LogP contribution in [0.2, 0.25) is 0 Å². The summed E-state index contributed by atoms with van der Waals surface area (Å²) in [6, 6.07) is 6.99. The zero-order valence-corrected chi connectivity index (χ0v) is 15.9. The quantitative estimate of drug-likeness (QED) is 0.711. The fraction of sp³-hybridized carbons (Fsp3) is 0.333. The van der Waals surface area contributed by atoms with Crippen molar-refractivity contribution in [1.82, 2.24) is 0 Å². The predicted molar refractivity (Wildman–Crippen MR) is 101 cm³/mol. The second kappa shape index (κ2) is 6.37. The van der Waals surface area contributed by atoms with Gasteiger partial charge in [-0.15, -0.1) is 11.3 Å². The number of hydrogen-bond donors (Lipinski definition) is 0. The van der Waals surface area contributed by atoms with E-state index in [0.29, 0.717) is 24.1 Å². The van der Waals surface area contributed by atoms with E-state index in [1.54, 1.807) is 0 Å². The number of hydrogen-bond acceptors (Lipinski definition) is 3. The molecule has 27 heavy (non-hydrogen) atoms. The maximum absolute atomic E-state index is 14.5. The summed E-state index contributed by atoms with van der Waals surface area (Å²) in [7, 11) is 0. The first-order chi connectivity index (χ1) is 12.8. The molecule has 0 bridgehead atoms. The molecule has 2 heterocycles. The van der Waals surface area contributed by atoms with E-state index in [-0.39, 0.29) is 35.1 Å². The molecule has 0 N–H and O–H groups in total. The predicted octanol–water partition coefficient (Wildman–Crippen LogP) is 5.19. The Morgan fingerprint density at radius 1 is 1.15 bits per heavy atom. The van der Waals surface area contributed by atoms with E-state index in [1.807, 2.05) is 31.4 Å². The van der Waals surface area contributed by atoms with Gasteiger partial charge in [-0.3, -0.25) is 14.5 Å². The SMILES string of the molecule is CC1(C)CC(=O)C2=C(C1)N(c1ccc(F)cc1F)C(=O)C[C@H]2c1cccs1. The van der Waals surface area contributed by atoms with Gasteiger partial charge >= 0.3 is 0 Å². The maximum Gasteiger partial charge on any atom is 0.232 e. The third kappa shape index (κ3) is 3.12. The van der Waals surface area contributed by atoms with Crippen molar-refractivity contribution in [3.8, 4) is 0 Å². The third-order valence-corrected chi connectivity index (χ3v) is 6.17. The summed E-state index contributed by atoms with van der Waals surface area (Å²) in [5, 5.41) is 1.92. The second-order valence-corrected chi connectivity index (χ2v) is 8.88. The molecule has 0 radical (unpaired) electrons. The first kappa shape index (κ1) is 18.0. The highest BCUT2D eigenvalue weighted by Gasteiger charge is 2.45. The minimum Gasteiger partial charge on any atom is -0.294 e. The van der Waals surface area contributed by atoms with E-state index in [9.17, 15) is 18.4 Å². The van der Waals surface area contributed by atoms with Crippen LogP contribution in [0.3, 0.4) is 0 Å². The van der Waals surface area contributed by atoms with Gasteiger partial charge < -0.3 is 0 Å². The average molecular weight is 387 g/mol. The number of anilines is 1. The normalized spacial score (nSPS) is 22.2. The highest BCUT2D eigenvalue weighted by Crippen LogP contribution is 2.49. The molecule has 0 fully saturated rings. The summed E-state index contributed by atoms with van der Waals surface area (Å²) in [4.78, 5) is 28.3. The lowest BCUT2D eigenvalue weighted by molar-refractivity contribution is -0.121. The van der Waals surface area contributed by atoms with Crippen molar-refractivity contribution in [3.05, 3.63) is 63.5 Å². The van der Waals surface area contributed by atoms with Crippen LogP contribution in [0.1, 0.15) is 43.9 Å². The van der Waals surface area contributed by atoms with Gasteiger partial charge in [0.15, 0.2) is 5.78 Å². The fourth-order valence-corrected chi connectivity index (χ4v) is 4.93. The van der Waals surface area contributed by atoms with Gasteiger partial charge in [0.05, 0.1) is 5.69 Å². The Bertz CT molecular complexity index is 963. The third-order valence-electron chi connectivity index (χ3n) is 5.18. The molecule has 140 valence electrons. The van der Waals surface area contributed by atoms with Gasteiger partial charge in [0.1, 0.15) is 11.6 Å². The van der Waals surface area contributed by atoms with E-state index >= 15 is 0 Å². The van der Waals surface area contributed by atoms with Gasteiger partial charge in [0, 0.05) is 41.0 Å². The van der Waals surface area contributed by atoms with E-state index < -0.39 is 11.6 Å².